The highest BCUT2D eigenvalue weighted by atomic mass is 16.7. The predicted molar refractivity (Wildman–Crippen MR) is 91.7 cm³/mol. The second kappa shape index (κ2) is 6.43. The van der Waals surface area contributed by atoms with Crippen LogP contribution in [0.4, 0.5) is 5.69 Å². The summed E-state index contributed by atoms with van der Waals surface area (Å²) >= 11 is 0. The van der Waals surface area contributed by atoms with Crippen molar-refractivity contribution in [3.63, 3.8) is 0 Å². The maximum Gasteiger partial charge on any atom is 0.251 e. The van der Waals surface area contributed by atoms with E-state index >= 15 is 0 Å². The minimum atomic E-state index is -0.0757. The van der Waals surface area contributed by atoms with Crippen molar-refractivity contribution in [1.29, 1.82) is 0 Å². The molecule has 1 N–H and O–H groups in total. The Bertz CT molecular complexity index is 733. The molecule has 24 heavy (non-hydrogen) atoms. The molecule has 1 amide bonds. The molecule has 0 unspecified atom stereocenters. The van der Waals surface area contributed by atoms with Crippen molar-refractivity contribution in [2.75, 3.05) is 24.8 Å². The number of fused-ring (bicyclic) bond motifs is 1. The molecule has 0 radical (unpaired) electrons. The lowest BCUT2D eigenvalue weighted by atomic mass is 10.1. The topological polar surface area (TPSA) is 50.8 Å². The Morgan fingerprint density at radius 2 is 1.96 bits per heavy atom. The van der Waals surface area contributed by atoms with Gasteiger partial charge in [0.1, 0.15) is 0 Å². The highest BCUT2D eigenvalue weighted by molar-refractivity contribution is 5.95. The first-order valence-corrected chi connectivity index (χ1v) is 8.31. The van der Waals surface area contributed by atoms with Crippen molar-refractivity contribution in [3.8, 4) is 11.5 Å². The van der Waals surface area contributed by atoms with Crippen LogP contribution in [0.1, 0.15) is 23.2 Å². The minimum Gasteiger partial charge on any atom is -0.454 e. The average Bonchev–Trinajstić information content (AvgIpc) is 3.28. The van der Waals surface area contributed by atoms with Gasteiger partial charge in [0.15, 0.2) is 11.5 Å². The zero-order valence-corrected chi connectivity index (χ0v) is 13.4. The highest BCUT2D eigenvalue weighted by Gasteiger charge is 2.25. The molecule has 4 rings (SSSR count). The molecule has 1 fully saturated rings. The van der Waals surface area contributed by atoms with Gasteiger partial charge in [0.05, 0.1) is 0 Å². The Hall–Kier alpha value is -2.69. The molecule has 0 bridgehead atoms. The van der Waals surface area contributed by atoms with Crippen LogP contribution in [0.25, 0.3) is 0 Å². The molecule has 1 saturated heterocycles. The van der Waals surface area contributed by atoms with E-state index in [1.165, 1.54) is 5.69 Å². The normalized spacial score (nSPS) is 18.7. The summed E-state index contributed by atoms with van der Waals surface area (Å²) in [6, 6.07) is 16.0. The smallest absolute Gasteiger partial charge is 0.251 e. The number of para-hydroxylation sites is 1. The standard InChI is InChI=1S/C19H20N2O3/c22-19(14-8-9-17-18(11-14)24-13-23-17)20-12-16-7-4-10-21(16)15-5-2-1-3-6-15/h1-3,5-6,8-9,11,16H,4,7,10,12-13H2,(H,20,22)/t16-/m1/s1. The first kappa shape index (κ1) is 14.9. The van der Waals surface area contributed by atoms with Crippen LogP contribution in [0.3, 0.4) is 0 Å². The largest absolute Gasteiger partial charge is 0.454 e. The number of hydrogen-bond acceptors (Lipinski definition) is 4. The summed E-state index contributed by atoms with van der Waals surface area (Å²) < 4.78 is 10.6. The van der Waals surface area contributed by atoms with Gasteiger partial charge in [-0.3, -0.25) is 4.79 Å². The number of anilines is 1. The van der Waals surface area contributed by atoms with Crippen molar-refractivity contribution >= 4 is 11.6 Å². The Kier molecular flexibility index (Phi) is 3.99. The molecule has 2 aliphatic heterocycles. The Morgan fingerprint density at radius 1 is 1.12 bits per heavy atom. The fourth-order valence-electron chi connectivity index (χ4n) is 3.36. The van der Waals surface area contributed by atoms with Crippen molar-refractivity contribution < 1.29 is 14.3 Å². The van der Waals surface area contributed by atoms with Gasteiger partial charge in [-0.2, -0.15) is 0 Å². The number of carbonyl (C=O) groups is 1. The second-order valence-electron chi connectivity index (χ2n) is 6.10. The maximum atomic E-state index is 12.4. The summed E-state index contributed by atoms with van der Waals surface area (Å²) in [5.74, 6) is 1.25. The lowest BCUT2D eigenvalue weighted by molar-refractivity contribution is 0.0951. The van der Waals surface area contributed by atoms with E-state index in [2.05, 4.69) is 34.5 Å². The molecule has 0 saturated carbocycles. The minimum absolute atomic E-state index is 0.0757. The third-order valence-corrected chi connectivity index (χ3v) is 4.60. The first-order valence-electron chi connectivity index (χ1n) is 8.31. The molecule has 0 spiro atoms. The van der Waals surface area contributed by atoms with Crippen LogP contribution >= 0.6 is 0 Å². The number of amides is 1. The van der Waals surface area contributed by atoms with Gasteiger partial charge in [0.25, 0.3) is 5.91 Å². The van der Waals surface area contributed by atoms with E-state index in [0.717, 1.165) is 19.4 Å². The van der Waals surface area contributed by atoms with Gasteiger partial charge in [-0.15, -0.1) is 0 Å². The van der Waals surface area contributed by atoms with Gasteiger partial charge in [-0.1, -0.05) is 18.2 Å². The Morgan fingerprint density at radius 3 is 2.83 bits per heavy atom. The molecular formula is C19H20N2O3. The number of carbonyl (C=O) groups excluding carboxylic acids is 1. The van der Waals surface area contributed by atoms with Crippen LogP contribution in [0, 0.1) is 0 Å². The summed E-state index contributed by atoms with van der Waals surface area (Å²) in [4.78, 5) is 14.8. The molecule has 2 aliphatic rings. The van der Waals surface area contributed by atoms with Crippen LogP contribution in [0.5, 0.6) is 11.5 Å². The van der Waals surface area contributed by atoms with Gasteiger partial charge in [0.2, 0.25) is 6.79 Å². The predicted octanol–water partition coefficient (Wildman–Crippen LogP) is 2.81. The van der Waals surface area contributed by atoms with Gasteiger partial charge in [0, 0.05) is 30.4 Å². The van der Waals surface area contributed by atoms with Crippen LogP contribution in [0.15, 0.2) is 48.5 Å². The van der Waals surface area contributed by atoms with Crippen LogP contribution in [-0.2, 0) is 0 Å². The molecule has 2 aromatic carbocycles. The van der Waals surface area contributed by atoms with E-state index in [4.69, 9.17) is 9.47 Å². The van der Waals surface area contributed by atoms with E-state index in [1.54, 1.807) is 18.2 Å². The third-order valence-electron chi connectivity index (χ3n) is 4.60. The molecular weight excluding hydrogens is 304 g/mol. The lowest BCUT2D eigenvalue weighted by Gasteiger charge is -2.27. The van der Waals surface area contributed by atoms with Crippen molar-refractivity contribution in [1.82, 2.24) is 5.32 Å². The summed E-state index contributed by atoms with van der Waals surface area (Å²) in [5, 5.41) is 3.05. The Labute approximate surface area is 141 Å². The van der Waals surface area contributed by atoms with Gasteiger partial charge < -0.3 is 19.7 Å². The molecule has 124 valence electrons. The lowest BCUT2D eigenvalue weighted by Crippen LogP contribution is -2.40. The number of nitrogens with zero attached hydrogens (tertiary/aromatic N) is 1. The van der Waals surface area contributed by atoms with Crippen LogP contribution < -0.4 is 19.7 Å². The molecule has 2 heterocycles. The third kappa shape index (κ3) is 2.89. The van der Waals surface area contributed by atoms with Gasteiger partial charge in [-0.25, -0.2) is 0 Å². The molecule has 1 atom stereocenters. The van der Waals surface area contributed by atoms with Crippen LogP contribution in [-0.4, -0.2) is 31.8 Å². The summed E-state index contributed by atoms with van der Waals surface area (Å²) in [6.07, 6.45) is 2.25. The van der Waals surface area contributed by atoms with E-state index in [-0.39, 0.29) is 12.7 Å². The zero-order valence-electron chi connectivity index (χ0n) is 13.4. The van der Waals surface area contributed by atoms with Gasteiger partial charge >= 0.3 is 0 Å². The molecule has 5 nitrogen and oxygen atoms in total. The second-order valence-corrected chi connectivity index (χ2v) is 6.10. The summed E-state index contributed by atoms with van der Waals surface area (Å²) in [6.45, 7) is 1.89. The van der Waals surface area contributed by atoms with Crippen molar-refractivity contribution in [3.05, 3.63) is 54.1 Å². The van der Waals surface area contributed by atoms with Crippen molar-refractivity contribution in [2.45, 2.75) is 18.9 Å². The number of nitrogens with one attached hydrogen (secondary N) is 1. The number of hydrogen-bond donors (Lipinski definition) is 1. The van der Waals surface area contributed by atoms with E-state index in [1.807, 2.05) is 6.07 Å². The highest BCUT2D eigenvalue weighted by Crippen LogP contribution is 2.32. The number of benzene rings is 2. The SMILES string of the molecule is O=C(NC[C@H]1CCCN1c1ccccc1)c1ccc2c(c1)OCO2. The quantitative estimate of drug-likeness (QED) is 0.939. The molecule has 5 heteroatoms. The monoisotopic (exact) mass is 324 g/mol. The maximum absolute atomic E-state index is 12.4. The summed E-state index contributed by atoms with van der Waals surface area (Å²) in [5.41, 5.74) is 1.82. The molecule has 0 aliphatic carbocycles. The number of rotatable bonds is 4. The fraction of sp³-hybridized carbons (Fsp3) is 0.316. The molecule has 2 aromatic rings. The average molecular weight is 324 g/mol. The summed E-state index contributed by atoms with van der Waals surface area (Å²) in [7, 11) is 0. The van der Waals surface area contributed by atoms with Gasteiger partial charge in [-0.05, 0) is 43.2 Å². The zero-order chi connectivity index (χ0) is 16.4. The molecule has 0 aromatic heterocycles. The van der Waals surface area contributed by atoms with E-state index in [9.17, 15) is 4.79 Å². The van der Waals surface area contributed by atoms with Crippen LogP contribution in [0.2, 0.25) is 0 Å². The van der Waals surface area contributed by atoms with E-state index < -0.39 is 0 Å². The fourth-order valence-corrected chi connectivity index (χ4v) is 3.36. The first-order chi connectivity index (χ1) is 11.8. The number of ether oxygens (including phenoxy) is 2. The van der Waals surface area contributed by atoms with E-state index in [0.29, 0.717) is 29.6 Å². The van der Waals surface area contributed by atoms with Crippen molar-refractivity contribution in [2.24, 2.45) is 0 Å². The Balaban J connectivity index is 1.40.